The average molecular weight is 401 g/mol. The van der Waals surface area contributed by atoms with E-state index in [4.69, 9.17) is 23.7 Å². The summed E-state index contributed by atoms with van der Waals surface area (Å²) in [6.07, 6.45) is 0. The molecule has 29 heavy (non-hydrogen) atoms. The van der Waals surface area contributed by atoms with E-state index in [9.17, 15) is 0 Å². The van der Waals surface area contributed by atoms with Crippen molar-refractivity contribution in [3.05, 3.63) is 42.0 Å². The van der Waals surface area contributed by atoms with E-state index in [2.05, 4.69) is 15.6 Å². The summed E-state index contributed by atoms with van der Waals surface area (Å²) in [5.74, 6) is 4.39. The van der Waals surface area contributed by atoms with Gasteiger partial charge in [0, 0.05) is 24.2 Å². The van der Waals surface area contributed by atoms with Gasteiger partial charge >= 0.3 is 0 Å². The number of rotatable bonds is 9. The van der Waals surface area contributed by atoms with E-state index < -0.39 is 0 Å². The molecule has 0 radical (unpaired) electrons. The third-order valence-corrected chi connectivity index (χ3v) is 4.25. The molecule has 0 atom stereocenters. The Morgan fingerprint density at radius 2 is 1.83 bits per heavy atom. The third-order valence-electron chi connectivity index (χ3n) is 4.25. The van der Waals surface area contributed by atoms with Crippen LogP contribution in [0.15, 0.2) is 41.4 Å². The molecule has 0 fully saturated rings. The van der Waals surface area contributed by atoms with Crippen LogP contribution in [0.4, 0.5) is 0 Å². The second-order valence-corrected chi connectivity index (χ2v) is 6.16. The van der Waals surface area contributed by atoms with Gasteiger partial charge in [-0.1, -0.05) is 0 Å². The van der Waals surface area contributed by atoms with Crippen LogP contribution in [0.25, 0.3) is 0 Å². The first-order valence-electron chi connectivity index (χ1n) is 9.49. The second kappa shape index (κ2) is 10.3. The van der Waals surface area contributed by atoms with E-state index >= 15 is 0 Å². The van der Waals surface area contributed by atoms with Gasteiger partial charge < -0.3 is 34.3 Å². The van der Waals surface area contributed by atoms with Crippen molar-refractivity contribution in [1.29, 1.82) is 0 Å². The molecule has 8 heteroatoms. The van der Waals surface area contributed by atoms with Gasteiger partial charge in [-0.15, -0.1) is 0 Å². The number of benzene rings is 2. The SMILES string of the molecule is CCNC(=NCc1ccc(OC)cc1OC)NCCOc1ccc2c(c1)OCO2. The number of ether oxygens (including phenoxy) is 5. The summed E-state index contributed by atoms with van der Waals surface area (Å²) in [6.45, 7) is 4.59. The van der Waals surface area contributed by atoms with E-state index in [0.29, 0.717) is 31.4 Å². The fraction of sp³-hybridized carbons (Fsp3) is 0.381. The molecule has 2 aromatic rings. The molecule has 0 saturated carbocycles. The molecule has 0 aliphatic carbocycles. The van der Waals surface area contributed by atoms with Gasteiger partial charge in [0.1, 0.15) is 23.9 Å². The molecule has 0 bridgehead atoms. The van der Waals surface area contributed by atoms with Crippen molar-refractivity contribution in [2.45, 2.75) is 13.5 Å². The molecule has 8 nitrogen and oxygen atoms in total. The van der Waals surface area contributed by atoms with Crippen LogP contribution < -0.4 is 34.3 Å². The highest BCUT2D eigenvalue weighted by molar-refractivity contribution is 5.79. The molecule has 0 amide bonds. The van der Waals surface area contributed by atoms with E-state index in [0.717, 1.165) is 35.1 Å². The monoisotopic (exact) mass is 401 g/mol. The fourth-order valence-electron chi connectivity index (χ4n) is 2.79. The lowest BCUT2D eigenvalue weighted by Crippen LogP contribution is -2.39. The van der Waals surface area contributed by atoms with Crippen molar-refractivity contribution in [3.63, 3.8) is 0 Å². The number of hydrogen-bond acceptors (Lipinski definition) is 6. The Labute approximate surface area is 170 Å². The van der Waals surface area contributed by atoms with Crippen LogP contribution in [0, 0.1) is 0 Å². The van der Waals surface area contributed by atoms with Crippen LogP contribution in [0.5, 0.6) is 28.7 Å². The van der Waals surface area contributed by atoms with Gasteiger partial charge in [0.05, 0.1) is 27.3 Å². The first kappa shape index (κ1) is 20.4. The molecule has 0 aromatic heterocycles. The molecule has 0 saturated heterocycles. The number of aliphatic imine (C=N–C) groups is 1. The van der Waals surface area contributed by atoms with Gasteiger partial charge in [0.25, 0.3) is 0 Å². The zero-order valence-corrected chi connectivity index (χ0v) is 17.0. The van der Waals surface area contributed by atoms with Crippen molar-refractivity contribution >= 4 is 5.96 Å². The summed E-state index contributed by atoms with van der Waals surface area (Å²) in [6, 6.07) is 11.2. The molecule has 0 unspecified atom stereocenters. The molecular weight excluding hydrogens is 374 g/mol. The lowest BCUT2D eigenvalue weighted by molar-refractivity contribution is 0.173. The highest BCUT2D eigenvalue weighted by atomic mass is 16.7. The Kier molecular flexibility index (Phi) is 7.27. The number of nitrogens with one attached hydrogen (secondary N) is 2. The maximum atomic E-state index is 5.77. The van der Waals surface area contributed by atoms with Gasteiger partial charge in [-0.3, -0.25) is 0 Å². The van der Waals surface area contributed by atoms with E-state index in [1.54, 1.807) is 14.2 Å². The van der Waals surface area contributed by atoms with Crippen molar-refractivity contribution in [2.24, 2.45) is 4.99 Å². The summed E-state index contributed by atoms with van der Waals surface area (Å²) in [5.41, 5.74) is 0.974. The molecule has 1 heterocycles. The van der Waals surface area contributed by atoms with Crippen LogP contribution in [0.3, 0.4) is 0 Å². The summed E-state index contributed by atoms with van der Waals surface area (Å²) >= 11 is 0. The molecular formula is C21H27N3O5. The van der Waals surface area contributed by atoms with E-state index in [1.165, 1.54) is 0 Å². The quantitative estimate of drug-likeness (QED) is 0.380. The lowest BCUT2D eigenvalue weighted by Gasteiger charge is -2.13. The highest BCUT2D eigenvalue weighted by Crippen LogP contribution is 2.35. The summed E-state index contributed by atoms with van der Waals surface area (Å²) in [4.78, 5) is 4.62. The van der Waals surface area contributed by atoms with Crippen molar-refractivity contribution in [2.75, 3.05) is 40.7 Å². The molecule has 2 N–H and O–H groups in total. The van der Waals surface area contributed by atoms with Gasteiger partial charge in [-0.25, -0.2) is 4.99 Å². The van der Waals surface area contributed by atoms with Crippen LogP contribution >= 0.6 is 0 Å². The van der Waals surface area contributed by atoms with E-state index in [1.807, 2.05) is 43.3 Å². The summed E-state index contributed by atoms with van der Waals surface area (Å²) in [5, 5.41) is 6.49. The number of hydrogen-bond donors (Lipinski definition) is 2. The van der Waals surface area contributed by atoms with Crippen LogP contribution in [-0.2, 0) is 6.54 Å². The van der Waals surface area contributed by atoms with Crippen LogP contribution in [0.1, 0.15) is 12.5 Å². The summed E-state index contributed by atoms with van der Waals surface area (Å²) < 4.78 is 27.1. The molecule has 0 spiro atoms. The molecule has 156 valence electrons. The zero-order valence-electron chi connectivity index (χ0n) is 17.0. The van der Waals surface area contributed by atoms with Crippen LogP contribution in [0.2, 0.25) is 0 Å². The topological polar surface area (TPSA) is 82.6 Å². The number of guanidine groups is 1. The number of methoxy groups -OCH3 is 2. The number of fused-ring (bicyclic) bond motifs is 1. The van der Waals surface area contributed by atoms with Crippen molar-refractivity contribution in [3.8, 4) is 28.7 Å². The maximum absolute atomic E-state index is 5.77. The molecule has 1 aliphatic rings. The largest absolute Gasteiger partial charge is 0.497 e. The fourth-order valence-corrected chi connectivity index (χ4v) is 2.79. The lowest BCUT2D eigenvalue weighted by atomic mass is 10.2. The predicted octanol–water partition coefficient (Wildman–Crippen LogP) is 2.57. The van der Waals surface area contributed by atoms with Gasteiger partial charge in [-0.2, -0.15) is 0 Å². The Hall–Kier alpha value is -3.29. The average Bonchev–Trinajstić information content (AvgIpc) is 3.22. The van der Waals surface area contributed by atoms with Crippen molar-refractivity contribution < 1.29 is 23.7 Å². The van der Waals surface area contributed by atoms with Crippen molar-refractivity contribution in [1.82, 2.24) is 10.6 Å². The third kappa shape index (κ3) is 5.60. The van der Waals surface area contributed by atoms with Gasteiger partial charge in [0.2, 0.25) is 6.79 Å². The van der Waals surface area contributed by atoms with E-state index in [-0.39, 0.29) is 6.79 Å². The summed E-state index contributed by atoms with van der Waals surface area (Å²) in [7, 11) is 3.27. The van der Waals surface area contributed by atoms with Gasteiger partial charge in [0.15, 0.2) is 17.5 Å². The van der Waals surface area contributed by atoms with Crippen LogP contribution in [-0.4, -0.2) is 46.7 Å². The first-order valence-corrected chi connectivity index (χ1v) is 9.49. The minimum atomic E-state index is 0.252. The highest BCUT2D eigenvalue weighted by Gasteiger charge is 2.13. The Morgan fingerprint density at radius 3 is 2.62 bits per heavy atom. The zero-order chi connectivity index (χ0) is 20.5. The number of nitrogens with zero attached hydrogens (tertiary/aromatic N) is 1. The Morgan fingerprint density at radius 1 is 1.00 bits per heavy atom. The minimum absolute atomic E-state index is 0.252. The molecule has 1 aliphatic heterocycles. The Balaban J connectivity index is 1.52. The minimum Gasteiger partial charge on any atom is -0.497 e. The predicted molar refractivity (Wildman–Crippen MR) is 110 cm³/mol. The Bertz CT molecular complexity index is 841. The first-order chi connectivity index (χ1) is 14.2. The molecule has 2 aromatic carbocycles. The standard InChI is InChI=1S/C21H27N3O5/c1-4-22-21(24-13-15-5-6-16(25-2)11-19(15)26-3)23-9-10-27-17-7-8-18-20(12-17)29-14-28-18/h5-8,11-12H,4,9-10,13-14H2,1-3H3,(H2,22,23,24). The second-order valence-electron chi connectivity index (χ2n) is 6.16. The van der Waals surface area contributed by atoms with Gasteiger partial charge in [-0.05, 0) is 31.2 Å². The maximum Gasteiger partial charge on any atom is 0.231 e. The molecule has 3 rings (SSSR count). The smallest absolute Gasteiger partial charge is 0.231 e. The normalized spacial score (nSPS) is 12.4.